The summed E-state index contributed by atoms with van der Waals surface area (Å²) in [6.07, 6.45) is 1.46. The first kappa shape index (κ1) is 12.8. The maximum absolute atomic E-state index is 12.5. The number of rotatable bonds is 2. The van der Waals surface area contributed by atoms with E-state index in [2.05, 4.69) is 0 Å². The third-order valence-corrected chi connectivity index (χ3v) is 3.37. The lowest BCUT2D eigenvalue weighted by atomic mass is 10.1. The number of hydrogen-bond donors (Lipinski definition) is 0. The van der Waals surface area contributed by atoms with Crippen molar-refractivity contribution in [1.29, 1.82) is 0 Å². The molecule has 20 heavy (non-hydrogen) atoms. The summed E-state index contributed by atoms with van der Waals surface area (Å²) in [5.74, 6) is 0.741. The fourth-order valence-corrected chi connectivity index (χ4v) is 2.23. The van der Waals surface area contributed by atoms with E-state index in [0.29, 0.717) is 21.6 Å². The van der Waals surface area contributed by atoms with Gasteiger partial charge in [0.1, 0.15) is 17.6 Å². The second-order valence-electron chi connectivity index (χ2n) is 4.35. The minimum absolute atomic E-state index is 0.0758. The molecule has 2 aromatic carbocycles. The lowest BCUT2D eigenvalue weighted by Crippen LogP contribution is -2.04. The van der Waals surface area contributed by atoms with Crippen LogP contribution < -0.4 is 10.2 Å². The van der Waals surface area contributed by atoms with Gasteiger partial charge >= 0.3 is 0 Å². The predicted molar refractivity (Wildman–Crippen MR) is 79.5 cm³/mol. The van der Waals surface area contributed by atoms with Gasteiger partial charge in [-0.1, -0.05) is 23.7 Å². The van der Waals surface area contributed by atoms with Gasteiger partial charge in [0.15, 0.2) is 5.43 Å². The molecule has 0 fully saturated rings. The summed E-state index contributed by atoms with van der Waals surface area (Å²) < 4.78 is 10.6. The summed E-state index contributed by atoms with van der Waals surface area (Å²) in [6.45, 7) is 0. The molecule has 0 radical (unpaired) electrons. The highest BCUT2D eigenvalue weighted by atomic mass is 35.5. The monoisotopic (exact) mass is 286 g/mol. The van der Waals surface area contributed by atoms with E-state index in [0.717, 1.165) is 11.3 Å². The molecular formula is C16H11ClO3. The van der Waals surface area contributed by atoms with Crippen molar-refractivity contribution in [3.8, 4) is 16.9 Å². The van der Waals surface area contributed by atoms with E-state index in [9.17, 15) is 4.79 Å². The first-order valence-electron chi connectivity index (χ1n) is 6.04. The van der Waals surface area contributed by atoms with Gasteiger partial charge in [0.25, 0.3) is 0 Å². The number of fused-ring (bicyclic) bond motifs is 1. The molecule has 0 amide bonds. The van der Waals surface area contributed by atoms with E-state index in [1.165, 1.54) is 6.26 Å². The lowest BCUT2D eigenvalue weighted by molar-refractivity contribution is 0.415. The van der Waals surface area contributed by atoms with Gasteiger partial charge in [-0.25, -0.2) is 0 Å². The van der Waals surface area contributed by atoms with Gasteiger partial charge in [-0.2, -0.15) is 0 Å². The Kier molecular flexibility index (Phi) is 3.20. The van der Waals surface area contributed by atoms with Crippen LogP contribution in [0, 0.1) is 0 Å². The highest BCUT2D eigenvalue weighted by Gasteiger charge is 2.09. The van der Waals surface area contributed by atoms with Gasteiger partial charge < -0.3 is 9.15 Å². The summed E-state index contributed by atoms with van der Waals surface area (Å²) >= 11 is 5.89. The van der Waals surface area contributed by atoms with Crippen LogP contribution in [0.2, 0.25) is 5.02 Å². The average molecular weight is 287 g/mol. The molecule has 0 unspecified atom stereocenters. The zero-order valence-electron chi connectivity index (χ0n) is 10.7. The number of ether oxygens (including phenoxy) is 1. The molecular weight excluding hydrogens is 276 g/mol. The third-order valence-electron chi connectivity index (χ3n) is 3.14. The normalized spacial score (nSPS) is 10.7. The Balaban J connectivity index is 2.18. The topological polar surface area (TPSA) is 39.4 Å². The highest BCUT2D eigenvalue weighted by Crippen LogP contribution is 2.23. The van der Waals surface area contributed by atoms with Gasteiger partial charge in [0, 0.05) is 11.1 Å². The summed E-state index contributed by atoms with van der Waals surface area (Å²) in [5.41, 5.74) is 1.71. The van der Waals surface area contributed by atoms with Gasteiger partial charge in [-0.15, -0.1) is 0 Å². The molecule has 3 aromatic rings. The number of hydrogen-bond acceptors (Lipinski definition) is 3. The van der Waals surface area contributed by atoms with Crippen LogP contribution in [-0.4, -0.2) is 7.11 Å². The Morgan fingerprint density at radius 1 is 1.10 bits per heavy atom. The van der Waals surface area contributed by atoms with Crippen LogP contribution in [0.5, 0.6) is 5.75 Å². The van der Waals surface area contributed by atoms with E-state index in [1.807, 2.05) is 12.1 Å². The Bertz CT molecular complexity index is 819. The first-order valence-corrected chi connectivity index (χ1v) is 6.42. The molecule has 0 aliphatic heterocycles. The molecule has 0 bridgehead atoms. The zero-order valence-corrected chi connectivity index (χ0v) is 11.5. The average Bonchev–Trinajstić information content (AvgIpc) is 2.48. The molecule has 0 atom stereocenters. The summed E-state index contributed by atoms with van der Waals surface area (Å²) in [4.78, 5) is 12.5. The van der Waals surface area contributed by atoms with Crippen molar-refractivity contribution in [2.45, 2.75) is 0 Å². The fourth-order valence-electron chi connectivity index (χ4n) is 2.07. The molecule has 4 heteroatoms. The van der Waals surface area contributed by atoms with Crippen LogP contribution in [0.4, 0.5) is 0 Å². The van der Waals surface area contributed by atoms with Gasteiger partial charge in [0.2, 0.25) is 0 Å². The minimum Gasteiger partial charge on any atom is -0.497 e. The van der Waals surface area contributed by atoms with Gasteiger partial charge in [0.05, 0.1) is 18.1 Å². The molecule has 100 valence electrons. The van der Waals surface area contributed by atoms with E-state index < -0.39 is 0 Å². The van der Waals surface area contributed by atoms with Crippen LogP contribution in [0.3, 0.4) is 0 Å². The largest absolute Gasteiger partial charge is 0.497 e. The van der Waals surface area contributed by atoms with E-state index in [-0.39, 0.29) is 5.43 Å². The van der Waals surface area contributed by atoms with Crippen LogP contribution in [-0.2, 0) is 0 Å². The molecule has 0 saturated heterocycles. The molecule has 0 saturated carbocycles. The molecule has 0 aliphatic carbocycles. The lowest BCUT2D eigenvalue weighted by Gasteiger charge is -2.04. The third kappa shape index (κ3) is 2.17. The smallest absolute Gasteiger partial charge is 0.200 e. The molecule has 0 aliphatic rings. The van der Waals surface area contributed by atoms with Crippen molar-refractivity contribution in [2.24, 2.45) is 0 Å². The van der Waals surface area contributed by atoms with E-state index in [4.69, 9.17) is 20.8 Å². The molecule has 1 heterocycles. The van der Waals surface area contributed by atoms with Gasteiger partial charge in [-0.3, -0.25) is 4.79 Å². The maximum Gasteiger partial charge on any atom is 0.200 e. The van der Waals surface area contributed by atoms with Crippen molar-refractivity contribution >= 4 is 22.6 Å². The molecule has 0 N–H and O–H groups in total. The quantitative estimate of drug-likeness (QED) is 0.711. The molecule has 1 aromatic heterocycles. The van der Waals surface area contributed by atoms with Crippen molar-refractivity contribution in [2.75, 3.05) is 7.11 Å². The number of halogens is 1. The standard InChI is InChI=1S/C16H11ClO3/c1-19-12-5-2-10(3-6-12)14-9-20-15-8-11(17)4-7-13(15)16(14)18/h2-9H,1H3. The second kappa shape index (κ2) is 5.02. The summed E-state index contributed by atoms with van der Waals surface area (Å²) in [7, 11) is 1.60. The predicted octanol–water partition coefficient (Wildman–Crippen LogP) is 4.12. The maximum atomic E-state index is 12.5. The number of methoxy groups -OCH3 is 1. The van der Waals surface area contributed by atoms with Crippen molar-refractivity contribution in [3.63, 3.8) is 0 Å². The van der Waals surface area contributed by atoms with E-state index in [1.54, 1.807) is 37.4 Å². The Morgan fingerprint density at radius 3 is 2.55 bits per heavy atom. The SMILES string of the molecule is COc1ccc(-c2coc3cc(Cl)ccc3c2=O)cc1. The van der Waals surface area contributed by atoms with Crippen LogP contribution in [0.1, 0.15) is 0 Å². The van der Waals surface area contributed by atoms with Gasteiger partial charge in [-0.05, 0) is 29.8 Å². The summed E-state index contributed by atoms with van der Waals surface area (Å²) in [6, 6.07) is 12.3. The molecule has 0 spiro atoms. The summed E-state index contributed by atoms with van der Waals surface area (Å²) in [5, 5.41) is 1.06. The number of benzene rings is 2. The Labute approximate surface area is 120 Å². The highest BCUT2D eigenvalue weighted by molar-refractivity contribution is 6.31. The zero-order chi connectivity index (χ0) is 14.1. The van der Waals surface area contributed by atoms with Crippen molar-refractivity contribution < 1.29 is 9.15 Å². The molecule has 3 nitrogen and oxygen atoms in total. The Hall–Kier alpha value is -2.26. The fraction of sp³-hybridized carbons (Fsp3) is 0.0625. The van der Waals surface area contributed by atoms with Crippen molar-refractivity contribution in [1.82, 2.24) is 0 Å². The van der Waals surface area contributed by atoms with Crippen LogP contribution >= 0.6 is 11.6 Å². The minimum atomic E-state index is -0.0758. The molecule has 3 rings (SSSR count). The Morgan fingerprint density at radius 2 is 1.85 bits per heavy atom. The first-order chi connectivity index (χ1) is 9.69. The van der Waals surface area contributed by atoms with Crippen molar-refractivity contribution in [3.05, 3.63) is 64.0 Å². The van der Waals surface area contributed by atoms with Crippen LogP contribution in [0.15, 0.2) is 57.9 Å². The van der Waals surface area contributed by atoms with Crippen LogP contribution in [0.25, 0.3) is 22.1 Å². The second-order valence-corrected chi connectivity index (χ2v) is 4.78. The van der Waals surface area contributed by atoms with E-state index >= 15 is 0 Å².